The van der Waals surface area contributed by atoms with E-state index >= 15 is 0 Å². The maximum Gasteiger partial charge on any atom is 0.348 e. The van der Waals surface area contributed by atoms with E-state index in [1.165, 1.54) is 18.3 Å². The van der Waals surface area contributed by atoms with Crippen molar-refractivity contribution in [1.29, 1.82) is 0 Å². The molecule has 5 nitrogen and oxygen atoms in total. The van der Waals surface area contributed by atoms with Crippen LogP contribution in [0.2, 0.25) is 0 Å². The fourth-order valence-corrected chi connectivity index (χ4v) is 5.07. The molecule has 1 aliphatic rings. The summed E-state index contributed by atoms with van der Waals surface area (Å²) in [5, 5.41) is 9.83. The molecule has 1 saturated carbocycles. The van der Waals surface area contributed by atoms with Crippen LogP contribution in [0, 0.1) is 11.8 Å². The second kappa shape index (κ2) is 9.13. The predicted octanol–water partition coefficient (Wildman–Crippen LogP) is 5.88. The fourth-order valence-electron chi connectivity index (χ4n) is 4.08. The normalized spacial score (nSPS) is 19.0. The SMILES string of the molecule is CC(=O)c1ccc(-c2cc(N(C(=O)[C@H]3CC[C@H](C)CC3)C(C)C)c(C(=O)O)s2)cc1. The van der Waals surface area contributed by atoms with E-state index in [1.807, 2.05) is 26.0 Å². The molecule has 0 atom stereocenters. The first-order valence-electron chi connectivity index (χ1n) is 10.5. The lowest BCUT2D eigenvalue weighted by Gasteiger charge is -2.33. The average Bonchev–Trinajstić information content (AvgIpc) is 3.13. The van der Waals surface area contributed by atoms with Gasteiger partial charge in [0.1, 0.15) is 4.88 Å². The number of aromatic carboxylic acids is 1. The van der Waals surface area contributed by atoms with Crippen LogP contribution in [0.25, 0.3) is 10.4 Å². The van der Waals surface area contributed by atoms with E-state index in [9.17, 15) is 19.5 Å². The van der Waals surface area contributed by atoms with Crippen molar-refractivity contribution < 1.29 is 19.5 Å². The summed E-state index contributed by atoms with van der Waals surface area (Å²) in [7, 11) is 0. The second-order valence-corrected chi connectivity index (χ2v) is 9.57. The number of anilines is 1. The van der Waals surface area contributed by atoms with Gasteiger partial charge in [-0.1, -0.05) is 31.2 Å². The number of benzene rings is 1. The van der Waals surface area contributed by atoms with Gasteiger partial charge in [-0.25, -0.2) is 4.79 Å². The number of nitrogens with zero attached hydrogens (tertiary/aromatic N) is 1. The highest BCUT2D eigenvalue weighted by molar-refractivity contribution is 7.18. The van der Waals surface area contributed by atoms with Gasteiger partial charge in [0, 0.05) is 22.4 Å². The Morgan fingerprint density at radius 2 is 1.67 bits per heavy atom. The number of ketones is 1. The molecule has 0 saturated heterocycles. The quantitative estimate of drug-likeness (QED) is 0.584. The van der Waals surface area contributed by atoms with E-state index in [1.54, 1.807) is 23.1 Å². The number of rotatable bonds is 6. The number of amides is 1. The molecule has 0 radical (unpaired) electrons. The van der Waals surface area contributed by atoms with Gasteiger partial charge in [0.25, 0.3) is 0 Å². The maximum absolute atomic E-state index is 13.4. The van der Waals surface area contributed by atoms with Crippen LogP contribution in [0.5, 0.6) is 0 Å². The largest absolute Gasteiger partial charge is 0.477 e. The minimum atomic E-state index is -1.03. The third-order valence-corrected chi connectivity index (χ3v) is 7.02. The Bertz CT molecular complexity index is 937. The summed E-state index contributed by atoms with van der Waals surface area (Å²) in [6.45, 7) is 7.58. The van der Waals surface area contributed by atoms with Crippen molar-refractivity contribution in [2.45, 2.75) is 59.4 Å². The van der Waals surface area contributed by atoms with Gasteiger partial charge >= 0.3 is 5.97 Å². The van der Waals surface area contributed by atoms with Gasteiger partial charge < -0.3 is 10.0 Å². The highest BCUT2D eigenvalue weighted by Gasteiger charge is 2.33. The van der Waals surface area contributed by atoms with Crippen LogP contribution < -0.4 is 4.90 Å². The summed E-state index contributed by atoms with van der Waals surface area (Å²) in [5.74, 6) is -0.434. The van der Waals surface area contributed by atoms with Gasteiger partial charge in [-0.05, 0) is 64.0 Å². The smallest absolute Gasteiger partial charge is 0.348 e. The lowest BCUT2D eigenvalue weighted by Crippen LogP contribution is -2.42. The van der Waals surface area contributed by atoms with Crippen LogP contribution in [0.15, 0.2) is 30.3 Å². The zero-order chi connectivity index (χ0) is 22.0. The second-order valence-electron chi connectivity index (χ2n) is 8.52. The van der Waals surface area contributed by atoms with E-state index in [0.717, 1.165) is 36.1 Å². The number of hydrogen-bond donors (Lipinski definition) is 1. The first-order chi connectivity index (χ1) is 14.2. The standard InChI is InChI=1S/C24H29NO4S/c1-14(2)25(23(27)19-7-5-15(3)6-8-19)20-13-21(30-22(20)24(28)29)18-11-9-17(10-12-18)16(4)26/h9-15,19H,5-8H2,1-4H3,(H,28,29)/t15-,19-. The molecular formula is C24H29NO4S. The summed E-state index contributed by atoms with van der Waals surface area (Å²) in [5.41, 5.74) is 1.91. The molecule has 0 spiro atoms. The van der Waals surface area contributed by atoms with Gasteiger partial charge in [0.15, 0.2) is 5.78 Å². The summed E-state index contributed by atoms with van der Waals surface area (Å²) in [4.78, 5) is 39.5. The van der Waals surface area contributed by atoms with Crippen molar-refractivity contribution in [3.8, 4) is 10.4 Å². The Kier molecular flexibility index (Phi) is 6.76. The van der Waals surface area contributed by atoms with Gasteiger partial charge in [-0.2, -0.15) is 0 Å². The van der Waals surface area contributed by atoms with E-state index in [-0.39, 0.29) is 28.5 Å². The Labute approximate surface area is 181 Å². The molecule has 160 valence electrons. The Morgan fingerprint density at radius 1 is 1.07 bits per heavy atom. The lowest BCUT2D eigenvalue weighted by molar-refractivity contribution is -0.123. The third kappa shape index (κ3) is 4.64. The van der Waals surface area contributed by atoms with E-state index in [2.05, 4.69) is 6.92 Å². The summed E-state index contributed by atoms with van der Waals surface area (Å²) < 4.78 is 0. The van der Waals surface area contributed by atoms with Crippen LogP contribution in [0.4, 0.5) is 5.69 Å². The van der Waals surface area contributed by atoms with Crippen LogP contribution in [0.3, 0.4) is 0 Å². The summed E-state index contributed by atoms with van der Waals surface area (Å²) >= 11 is 1.17. The van der Waals surface area contributed by atoms with Crippen molar-refractivity contribution in [3.63, 3.8) is 0 Å². The number of carbonyl (C=O) groups is 3. The van der Waals surface area contributed by atoms with Crippen molar-refractivity contribution in [1.82, 2.24) is 0 Å². The topological polar surface area (TPSA) is 74.7 Å². The third-order valence-electron chi connectivity index (χ3n) is 5.86. The molecule has 3 rings (SSSR count). The minimum Gasteiger partial charge on any atom is -0.477 e. The first kappa shape index (κ1) is 22.2. The highest BCUT2D eigenvalue weighted by Crippen LogP contribution is 2.40. The monoisotopic (exact) mass is 427 g/mol. The van der Waals surface area contributed by atoms with Crippen LogP contribution in [-0.2, 0) is 4.79 Å². The number of carboxylic acids is 1. The number of Topliss-reactive ketones (excluding diaryl/α,β-unsaturated/α-hetero) is 1. The first-order valence-corrected chi connectivity index (χ1v) is 11.3. The van der Waals surface area contributed by atoms with E-state index in [0.29, 0.717) is 17.2 Å². The maximum atomic E-state index is 13.4. The van der Waals surface area contributed by atoms with Gasteiger partial charge in [0.05, 0.1) is 5.69 Å². The average molecular weight is 428 g/mol. The summed E-state index contributed by atoms with van der Waals surface area (Å²) in [6.07, 6.45) is 3.78. The fraction of sp³-hybridized carbons (Fsp3) is 0.458. The van der Waals surface area contributed by atoms with Crippen molar-refractivity contribution in [3.05, 3.63) is 40.8 Å². The molecule has 1 N–H and O–H groups in total. The number of hydrogen-bond acceptors (Lipinski definition) is 4. The molecule has 0 unspecified atom stereocenters. The molecule has 1 heterocycles. The van der Waals surface area contributed by atoms with Crippen molar-refractivity contribution >= 4 is 34.7 Å². The lowest BCUT2D eigenvalue weighted by atomic mass is 9.82. The molecule has 1 aliphatic carbocycles. The Hall–Kier alpha value is -2.47. The van der Waals surface area contributed by atoms with Crippen LogP contribution in [0.1, 0.15) is 73.4 Å². The molecule has 1 aromatic carbocycles. The molecular weight excluding hydrogens is 398 g/mol. The molecule has 1 fully saturated rings. The zero-order valence-corrected chi connectivity index (χ0v) is 18.8. The van der Waals surface area contributed by atoms with Crippen LogP contribution >= 0.6 is 11.3 Å². The Morgan fingerprint density at radius 3 is 2.17 bits per heavy atom. The van der Waals surface area contributed by atoms with Gasteiger partial charge in [-0.3, -0.25) is 9.59 Å². The molecule has 30 heavy (non-hydrogen) atoms. The Balaban J connectivity index is 1.98. The molecule has 0 bridgehead atoms. The van der Waals surface area contributed by atoms with E-state index < -0.39 is 5.97 Å². The minimum absolute atomic E-state index is 0.0157. The number of thiophene rings is 1. The molecule has 6 heteroatoms. The molecule has 0 aliphatic heterocycles. The van der Waals surface area contributed by atoms with Crippen molar-refractivity contribution in [2.24, 2.45) is 11.8 Å². The van der Waals surface area contributed by atoms with Gasteiger partial charge in [-0.15, -0.1) is 11.3 Å². The van der Waals surface area contributed by atoms with E-state index in [4.69, 9.17) is 0 Å². The van der Waals surface area contributed by atoms with Crippen molar-refractivity contribution in [2.75, 3.05) is 4.90 Å². The molecule has 2 aromatic rings. The number of carboxylic acid groups (broad SMARTS) is 1. The molecule has 1 aromatic heterocycles. The summed E-state index contributed by atoms with van der Waals surface area (Å²) in [6, 6.07) is 8.79. The highest BCUT2D eigenvalue weighted by atomic mass is 32.1. The predicted molar refractivity (Wildman–Crippen MR) is 120 cm³/mol. The number of carbonyl (C=O) groups excluding carboxylic acids is 2. The van der Waals surface area contributed by atoms with Gasteiger partial charge in [0.2, 0.25) is 5.91 Å². The zero-order valence-electron chi connectivity index (χ0n) is 18.0. The molecule has 1 amide bonds. The van der Waals surface area contributed by atoms with Crippen LogP contribution in [-0.4, -0.2) is 28.8 Å².